The van der Waals surface area contributed by atoms with Gasteiger partial charge in [0, 0.05) is 25.5 Å². The molecule has 2 rings (SSSR count). The molecule has 6 heteroatoms. The zero-order valence-corrected chi connectivity index (χ0v) is 13.7. The summed E-state index contributed by atoms with van der Waals surface area (Å²) >= 11 is 0. The molecule has 2 aromatic heterocycles. The highest BCUT2D eigenvalue weighted by molar-refractivity contribution is 5.73. The third kappa shape index (κ3) is 5.72. The van der Waals surface area contributed by atoms with Crippen LogP contribution in [0.15, 0.2) is 48.8 Å². The largest absolute Gasteiger partial charge is 0.480 e. The van der Waals surface area contributed by atoms with Crippen molar-refractivity contribution in [1.29, 1.82) is 0 Å². The molecule has 2 heterocycles. The molecule has 128 valence electrons. The van der Waals surface area contributed by atoms with E-state index in [1.165, 1.54) is 0 Å². The van der Waals surface area contributed by atoms with Crippen LogP contribution >= 0.6 is 0 Å². The standard InChI is InChI=1S/C18H24N4O2/c19-10-4-1-9-17(18(23)24)22(13-15-7-2-5-11-20-15)14-16-8-3-6-12-21-16/h2-3,5-8,11-12,17H,1,4,9-10,13-14,19H2,(H,23,24)/t17-/m0/s1. The lowest BCUT2D eigenvalue weighted by molar-refractivity contribution is -0.144. The second kappa shape index (κ2) is 9.75. The van der Waals surface area contributed by atoms with Gasteiger partial charge in [0.15, 0.2) is 0 Å². The number of hydrogen-bond acceptors (Lipinski definition) is 5. The molecule has 0 aliphatic rings. The van der Waals surface area contributed by atoms with E-state index in [1.807, 2.05) is 41.3 Å². The molecule has 0 radical (unpaired) electrons. The number of rotatable bonds is 10. The van der Waals surface area contributed by atoms with Gasteiger partial charge in [0.25, 0.3) is 0 Å². The van der Waals surface area contributed by atoms with Crippen molar-refractivity contribution in [2.24, 2.45) is 5.73 Å². The van der Waals surface area contributed by atoms with Gasteiger partial charge in [-0.2, -0.15) is 0 Å². The predicted octanol–water partition coefficient (Wildman–Crippen LogP) is 2.06. The van der Waals surface area contributed by atoms with Crippen molar-refractivity contribution in [1.82, 2.24) is 14.9 Å². The summed E-state index contributed by atoms with van der Waals surface area (Å²) in [6, 6.07) is 10.7. The van der Waals surface area contributed by atoms with Crippen molar-refractivity contribution in [3.63, 3.8) is 0 Å². The minimum absolute atomic E-state index is 0.469. The highest BCUT2D eigenvalue weighted by Gasteiger charge is 2.26. The van der Waals surface area contributed by atoms with Crippen molar-refractivity contribution in [2.75, 3.05) is 6.54 Å². The zero-order chi connectivity index (χ0) is 17.2. The fourth-order valence-electron chi connectivity index (χ4n) is 2.62. The molecule has 0 aromatic carbocycles. The summed E-state index contributed by atoms with van der Waals surface area (Å²) in [7, 11) is 0. The lowest BCUT2D eigenvalue weighted by Crippen LogP contribution is -2.40. The van der Waals surface area contributed by atoms with Crippen molar-refractivity contribution < 1.29 is 9.90 Å². The molecule has 0 amide bonds. The second-order valence-electron chi connectivity index (χ2n) is 5.69. The van der Waals surface area contributed by atoms with Gasteiger partial charge in [-0.05, 0) is 43.7 Å². The summed E-state index contributed by atoms with van der Waals surface area (Å²) in [4.78, 5) is 22.4. The maximum absolute atomic E-state index is 11.8. The normalized spacial score (nSPS) is 12.2. The molecule has 24 heavy (non-hydrogen) atoms. The van der Waals surface area contributed by atoms with Gasteiger partial charge in [0.05, 0.1) is 11.4 Å². The Morgan fingerprint density at radius 3 is 2.04 bits per heavy atom. The number of carboxylic acids is 1. The number of aromatic nitrogens is 2. The van der Waals surface area contributed by atoms with Crippen LogP contribution in [0.4, 0.5) is 0 Å². The van der Waals surface area contributed by atoms with E-state index in [2.05, 4.69) is 9.97 Å². The first-order valence-corrected chi connectivity index (χ1v) is 8.17. The van der Waals surface area contributed by atoms with Gasteiger partial charge in [-0.3, -0.25) is 19.7 Å². The summed E-state index contributed by atoms with van der Waals surface area (Å²) in [5, 5.41) is 9.69. The van der Waals surface area contributed by atoms with Crippen LogP contribution < -0.4 is 5.73 Å². The highest BCUT2D eigenvalue weighted by atomic mass is 16.4. The molecule has 0 aliphatic carbocycles. The molecule has 1 atom stereocenters. The molecule has 2 aromatic rings. The van der Waals surface area contributed by atoms with Crippen LogP contribution in [0.25, 0.3) is 0 Å². The van der Waals surface area contributed by atoms with E-state index in [9.17, 15) is 9.90 Å². The number of carbonyl (C=O) groups is 1. The van der Waals surface area contributed by atoms with Gasteiger partial charge in [-0.1, -0.05) is 18.6 Å². The average molecular weight is 328 g/mol. The molecule has 0 saturated heterocycles. The number of hydrogen-bond donors (Lipinski definition) is 2. The zero-order valence-electron chi connectivity index (χ0n) is 13.7. The fourth-order valence-corrected chi connectivity index (χ4v) is 2.62. The number of carboxylic acid groups (broad SMARTS) is 1. The van der Waals surface area contributed by atoms with E-state index in [0.29, 0.717) is 26.1 Å². The van der Waals surface area contributed by atoms with Gasteiger partial charge in [0.2, 0.25) is 0 Å². The molecule has 0 aliphatic heterocycles. The second-order valence-corrected chi connectivity index (χ2v) is 5.69. The Morgan fingerprint density at radius 1 is 1.04 bits per heavy atom. The number of unbranched alkanes of at least 4 members (excludes halogenated alkanes) is 1. The first-order valence-electron chi connectivity index (χ1n) is 8.17. The van der Waals surface area contributed by atoms with Crippen molar-refractivity contribution in [3.8, 4) is 0 Å². The summed E-state index contributed by atoms with van der Waals surface area (Å²) in [5.74, 6) is -0.820. The van der Waals surface area contributed by atoms with Gasteiger partial charge >= 0.3 is 5.97 Å². The van der Waals surface area contributed by atoms with Crippen LogP contribution in [0.5, 0.6) is 0 Å². The van der Waals surface area contributed by atoms with Crippen LogP contribution in [0.1, 0.15) is 30.7 Å². The van der Waals surface area contributed by atoms with Crippen molar-refractivity contribution >= 4 is 5.97 Å². The molecular weight excluding hydrogens is 304 g/mol. The van der Waals surface area contributed by atoms with Crippen LogP contribution in [-0.4, -0.2) is 38.5 Å². The number of aliphatic carboxylic acids is 1. The molecule has 0 unspecified atom stereocenters. The Hall–Kier alpha value is -2.31. The topological polar surface area (TPSA) is 92.3 Å². The molecule has 0 spiro atoms. The highest BCUT2D eigenvalue weighted by Crippen LogP contribution is 2.16. The van der Waals surface area contributed by atoms with E-state index in [1.54, 1.807) is 12.4 Å². The van der Waals surface area contributed by atoms with Crippen molar-refractivity contribution in [3.05, 3.63) is 60.2 Å². The van der Waals surface area contributed by atoms with E-state index >= 15 is 0 Å². The van der Waals surface area contributed by atoms with E-state index < -0.39 is 12.0 Å². The van der Waals surface area contributed by atoms with Gasteiger partial charge in [0.1, 0.15) is 6.04 Å². The lowest BCUT2D eigenvalue weighted by Gasteiger charge is -2.28. The summed E-state index contributed by atoms with van der Waals surface area (Å²) in [6.07, 6.45) is 5.61. The number of nitrogens with zero attached hydrogens (tertiary/aromatic N) is 3. The third-order valence-corrected chi connectivity index (χ3v) is 3.84. The molecule has 0 saturated carbocycles. The van der Waals surface area contributed by atoms with E-state index in [-0.39, 0.29) is 0 Å². The number of pyridine rings is 2. The number of nitrogens with two attached hydrogens (primary N) is 1. The molecule has 6 nitrogen and oxygen atoms in total. The molecular formula is C18H24N4O2. The molecule has 0 fully saturated rings. The SMILES string of the molecule is NCCCC[C@@H](C(=O)O)N(Cc1ccccn1)Cc1ccccn1. The average Bonchev–Trinajstić information content (AvgIpc) is 2.60. The summed E-state index contributed by atoms with van der Waals surface area (Å²) < 4.78 is 0. The van der Waals surface area contributed by atoms with Crippen LogP contribution in [-0.2, 0) is 17.9 Å². The predicted molar refractivity (Wildman–Crippen MR) is 92.1 cm³/mol. The van der Waals surface area contributed by atoms with Gasteiger partial charge < -0.3 is 10.8 Å². The quantitative estimate of drug-likeness (QED) is 0.649. The van der Waals surface area contributed by atoms with Gasteiger partial charge in [-0.15, -0.1) is 0 Å². The Balaban J connectivity index is 2.17. The van der Waals surface area contributed by atoms with Crippen LogP contribution in [0, 0.1) is 0 Å². The Kier molecular flexibility index (Phi) is 7.32. The summed E-state index contributed by atoms with van der Waals surface area (Å²) in [6.45, 7) is 1.51. The smallest absolute Gasteiger partial charge is 0.320 e. The fraction of sp³-hybridized carbons (Fsp3) is 0.389. The maximum atomic E-state index is 11.8. The van der Waals surface area contributed by atoms with Gasteiger partial charge in [-0.25, -0.2) is 0 Å². The Labute approximate surface area is 142 Å². The third-order valence-electron chi connectivity index (χ3n) is 3.84. The Morgan fingerprint density at radius 2 is 1.62 bits per heavy atom. The van der Waals surface area contributed by atoms with E-state index in [4.69, 9.17) is 5.73 Å². The van der Waals surface area contributed by atoms with Crippen LogP contribution in [0.3, 0.4) is 0 Å². The minimum atomic E-state index is -0.820. The summed E-state index contributed by atoms with van der Waals surface area (Å²) in [5.41, 5.74) is 7.22. The maximum Gasteiger partial charge on any atom is 0.320 e. The Bertz CT molecular complexity index is 565. The molecule has 0 bridgehead atoms. The van der Waals surface area contributed by atoms with Crippen LogP contribution in [0.2, 0.25) is 0 Å². The first-order chi connectivity index (χ1) is 11.7. The minimum Gasteiger partial charge on any atom is -0.480 e. The first kappa shape index (κ1) is 18.0. The molecule has 3 N–H and O–H groups in total. The monoisotopic (exact) mass is 328 g/mol. The van der Waals surface area contributed by atoms with Crippen molar-refractivity contribution in [2.45, 2.75) is 38.4 Å². The lowest BCUT2D eigenvalue weighted by atomic mass is 10.1. The van der Waals surface area contributed by atoms with E-state index in [0.717, 1.165) is 24.2 Å².